The summed E-state index contributed by atoms with van der Waals surface area (Å²) in [6.45, 7) is 3.08. The van der Waals surface area contributed by atoms with Crippen LogP contribution in [0.25, 0.3) is 0 Å². The minimum atomic E-state index is 0. The lowest BCUT2D eigenvalue weighted by Crippen LogP contribution is -2.50. The predicted octanol–water partition coefficient (Wildman–Crippen LogP) is 2.64. The second-order valence-electron chi connectivity index (χ2n) is 6.35. The maximum absolute atomic E-state index is 11.5. The van der Waals surface area contributed by atoms with Crippen LogP contribution in [0.15, 0.2) is 27.7 Å². The Balaban J connectivity index is 0.00000364. The van der Waals surface area contributed by atoms with Crippen molar-refractivity contribution in [3.8, 4) is 0 Å². The molecule has 2 rings (SSSR count). The molecule has 1 fully saturated rings. The molecule has 27 heavy (non-hydrogen) atoms. The van der Waals surface area contributed by atoms with E-state index in [0.29, 0.717) is 12.6 Å². The Hall–Kier alpha value is -0.580. The molecule has 0 aromatic heterocycles. The molecule has 1 aliphatic heterocycles. The molecule has 3 N–H and O–H groups in total. The van der Waals surface area contributed by atoms with Crippen molar-refractivity contribution < 1.29 is 4.79 Å². The van der Waals surface area contributed by atoms with Gasteiger partial charge in [0.1, 0.15) is 0 Å². The van der Waals surface area contributed by atoms with Gasteiger partial charge in [-0.3, -0.25) is 14.7 Å². The molecule has 1 amide bonds. The van der Waals surface area contributed by atoms with Crippen LogP contribution in [0.3, 0.4) is 0 Å². The Morgan fingerprint density at radius 3 is 2.70 bits per heavy atom. The number of amides is 1. The third-order valence-corrected chi connectivity index (χ3v) is 5.50. The van der Waals surface area contributed by atoms with Gasteiger partial charge < -0.3 is 16.0 Å². The summed E-state index contributed by atoms with van der Waals surface area (Å²) in [5.41, 5.74) is 1.17. The Morgan fingerprint density at radius 1 is 1.37 bits per heavy atom. The van der Waals surface area contributed by atoms with Crippen molar-refractivity contribution in [1.29, 1.82) is 0 Å². The fourth-order valence-electron chi connectivity index (χ4n) is 2.96. The van der Waals surface area contributed by atoms with Crippen LogP contribution in [-0.4, -0.2) is 63.1 Å². The van der Waals surface area contributed by atoms with E-state index in [4.69, 9.17) is 11.6 Å². The molecule has 9 heteroatoms. The Labute approximate surface area is 192 Å². The number of carbonyl (C=O) groups is 1. The topological polar surface area (TPSA) is 68.8 Å². The van der Waals surface area contributed by atoms with Gasteiger partial charge in [-0.05, 0) is 43.0 Å². The standard InChI is InChI=1S/C18H27BrClN5O.HI/c1-21-17(26)12-25-9-6-15(7-10-25)24-18(22-2)23-8-5-13-11-14(20)3-4-16(13)19;/h3-4,11,15H,5-10,12H2,1-2H3,(H,21,26)(H2,22,23,24);1H. The highest BCUT2D eigenvalue weighted by molar-refractivity contribution is 14.0. The summed E-state index contributed by atoms with van der Waals surface area (Å²) < 4.78 is 1.06. The minimum Gasteiger partial charge on any atom is -0.358 e. The van der Waals surface area contributed by atoms with E-state index >= 15 is 0 Å². The third kappa shape index (κ3) is 8.53. The zero-order valence-electron chi connectivity index (χ0n) is 15.7. The van der Waals surface area contributed by atoms with E-state index in [1.165, 1.54) is 5.56 Å². The van der Waals surface area contributed by atoms with E-state index < -0.39 is 0 Å². The second-order valence-corrected chi connectivity index (χ2v) is 7.64. The van der Waals surface area contributed by atoms with E-state index in [0.717, 1.165) is 54.4 Å². The van der Waals surface area contributed by atoms with E-state index in [-0.39, 0.29) is 29.9 Å². The van der Waals surface area contributed by atoms with Crippen LogP contribution < -0.4 is 16.0 Å². The van der Waals surface area contributed by atoms with Crippen molar-refractivity contribution in [2.45, 2.75) is 25.3 Å². The Kier molecular flexibility index (Phi) is 11.6. The molecule has 1 heterocycles. The number of guanidine groups is 1. The molecule has 0 atom stereocenters. The van der Waals surface area contributed by atoms with E-state index in [1.54, 1.807) is 14.1 Å². The Morgan fingerprint density at radius 2 is 2.07 bits per heavy atom. The van der Waals surface area contributed by atoms with Crippen LogP contribution in [-0.2, 0) is 11.2 Å². The molecule has 1 aromatic carbocycles. The van der Waals surface area contributed by atoms with Crippen LogP contribution in [0.5, 0.6) is 0 Å². The van der Waals surface area contributed by atoms with Crippen LogP contribution >= 0.6 is 51.5 Å². The average Bonchev–Trinajstić information content (AvgIpc) is 2.65. The minimum absolute atomic E-state index is 0. The summed E-state index contributed by atoms with van der Waals surface area (Å²) in [7, 11) is 3.46. The zero-order valence-corrected chi connectivity index (χ0v) is 20.4. The molecular weight excluding hydrogens is 544 g/mol. The van der Waals surface area contributed by atoms with Gasteiger partial charge in [-0.15, -0.1) is 24.0 Å². The van der Waals surface area contributed by atoms with Gasteiger partial charge >= 0.3 is 0 Å². The van der Waals surface area contributed by atoms with E-state index in [2.05, 4.69) is 41.8 Å². The molecule has 1 aliphatic rings. The molecule has 0 saturated carbocycles. The molecule has 0 unspecified atom stereocenters. The fraction of sp³-hybridized carbons (Fsp3) is 0.556. The number of hydrogen-bond donors (Lipinski definition) is 3. The molecule has 0 spiro atoms. The molecule has 6 nitrogen and oxygen atoms in total. The van der Waals surface area contributed by atoms with Crippen molar-refractivity contribution in [3.05, 3.63) is 33.3 Å². The second kappa shape index (κ2) is 12.8. The number of piperidine rings is 1. The number of likely N-dealkylation sites (tertiary alicyclic amines) is 1. The SMILES string of the molecule is CN=C(NCCc1cc(Cl)ccc1Br)NC1CCN(CC(=O)NC)CC1.I. The first-order valence-corrected chi connectivity index (χ1v) is 10.0. The first-order chi connectivity index (χ1) is 12.5. The van der Waals surface area contributed by atoms with Crippen LogP contribution in [0.2, 0.25) is 5.02 Å². The number of nitrogens with one attached hydrogen (secondary N) is 3. The first-order valence-electron chi connectivity index (χ1n) is 8.86. The molecule has 0 radical (unpaired) electrons. The summed E-state index contributed by atoms with van der Waals surface area (Å²) in [6, 6.07) is 6.20. The summed E-state index contributed by atoms with van der Waals surface area (Å²) >= 11 is 9.62. The van der Waals surface area contributed by atoms with Crippen molar-refractivity contribution in [2.75, 3.05) is 40.3 Å². The van der Waals surface area contributed by atoms with Crippen LogP contribution in [0.4, 0.5) is 0 Å². The number of rotatable bonds is 6. The monoisotopic (exact) mass is 571 g/mol. The largest absolute Gasteiger partial charge is 0.358 e. The molecule has 0 bridgehead atoms. The Bertz CT molecular complexity index is 638. The van der Waals surface area contributed by atoms with Gasteiger partial charge in [0.25, 0.3) is 0 Å². The van der Waals surface area contributed by atoms with Gasteiger partial charge in [-0.25, -0.2) is 0 Å². The highest BCUT2D eigenvalue weighted by Gasteiger charge is 2.21. The van der Waals surface area contributed by atoms with Crippen molar-refractivity contribution in [1.82, 2.24) is 20.9 Å². The lowest BCUT2D eigenvalue weighted by Gasteiger charge is -2.32. The van der Waals surface area contributed by atoms with Gasteiger partial charge in [-0.1, -0.05) is 27.5 Å². The predicted molar refractivity (Wildman–Crippen MR) is 126 cm³/mol. The maximum Gasteiger partial charge on any atom is 0.233 e. The van der Waals surface area contributed by atoms with Crippen molar-refractivity contribution in [3.63, 3.8) is 0 Å². The normalized spacial score (nSPS) is 15.8. The smallest absolute Gasteiger partial charge is 0.233 e. The average molecular weight is 573 g/mol. The molecule has 152 valence electrons. The summed E-state index contributed by atoms with van der Waals surface area (Å²) in [6.07, 6.45) is 2.85. The lowest BCUT2D eigenvalue weighted by atomic mass is 10.1. The molecule has 1 saturated heterocycles. The summed E-state index contributed by atoms with van der Waals surface area (Å²) in [4.78, 5) is 18.0. The number of likely N-dealkylation sites (N-methyl/N-ethyl adjacent to an activating group) is 1. The van der Waals surface area contributed by atoms with Gasteiger partial charge in [-0.2, -0.15) is 0 Å². The maximum atomic E-state index is 11.5. The summed E-state index contributed by atoms with van der Waals surface area (Å²) in [5.74, 6) is 0.883. The zero-order chi connectivity index (χ0) is 18.9. The lowest BCUT2D eigenvalue weighted by molar-refractivity contribution is -0.122. The molecule has 0 aliphatic carbocycles. The van der Waals surface area contributed by atoms with Gasteiger partial charge in [0, 0.05) is 49.3 Å². The van der Waals surface area contributed by atoms with Gasteiger partial charge in [0.15, 0.2) is 5.96 Å². The van der Waals surface area contributed by atoms with E-state index in [1.807, 2.05) is 18.2 Å². The number of halogens is 3. The molecular formula is C18H28BrClIN5O. The summed E-state index contributed by atoms with van der Waals surface area (Å²) in [5, 5.41) is 10.3. The highest BCUT2D eigenvalue weighted by atomic mass is 127. The fourth-order valence-corrected chi connectivity index (χ4v) is 3.60. The number of aliphatic imine (C=N–C) groups is 1. The first kappa shape index (κ1) is 24.5. The number of benzene rings is 1. The van der Waals surface area contributed by atoms with Crippen LogP contribution in [0, 0.1) is 0 Å². The van der Waals surface area contributed by atoms with Gasteiger partial charge in [0.05, 0.1) is 6.54 Å². The van der Waals surface area contributed by atoms with Gasteiger partial charge in [0.2, 0.25) is 5.91 Å². The molecule has 1 aromatic rings. The number of carbonyl (C=O) groups excluding carboxylic acids is 1. The van der Waals surface area contributed by atoms with Crippen molar-refractivity contribution in [2.24, 2.45) is 4.99 Å². The van der Waals surface area contributed by atoms with E-state index in [9.17, 15) is 4.79 Å². The number of hydrogen-bond acceptors (Lipinski definition) is 3. The quantitative estimate of drug-likeness (QED) is 0.279. The number of nitrogens with zero attached hydrogens (tertiary/aromatic N) is 2. The van der Waals surface area contributed by atoms with Crippen molar-refractivity contribution >= 4 is 63.4 Å². The highest BCUT2D eigenvalue weighted by Crippen LogP contribution is 2.21. The third-order valence-electron chi connectivity index (χ3n) is 4.49. The van der Waals surface area contributed by atoms with Crippen LogP contribution in [0.1, 0.15) is 18.4 Å².